The average molecular weight is 251 g/mol. The van der Waals surface area contributed by atoms with Crippen molar-refractivity contribution in [1.82, 2.24) is 4.98 Å². The van der Waals surface area contributed by atoms with Crippen molar-refractivity contribution in [3.8, 4) is 0 Å². The normalized spacial score (nSPS) is 11.5. The number of nitrogens with one attached hydrogen (secondary N) is 1. The van der Waals surface area contributed by atoms with Gasteiger partial charge in [-0.1, -0.05) is 0 Å². The molecule has 2 N–H and O–H groups in total. The Labute approximate surface area is 106 Å². The summed E-state index contributed by atoms with van der Waals surface area (Å²) in [5.74, 6) is 0.396. The quantitative estimate of drug-likeness (QED) is 0.491. The number of carbonyl (C=O) groups excluding carboxylic acids is 1. The van der Waals surface area contributed by atoms with Gasteiger partial charge in [-0.05, 0) is 38.5 Å². The van der Waals surface area contributed by atoms with Crippen LogP contribution in [-0.4, -0.2) is 28.1 Å². The van der Waals surface area contributed by atoms with Crippen LogP contribution in [0, 0.1) is 0 Å². The molecule has 18 heavy (non-hydrogen) atoms. The Morgan fingerprint density at radius 3 is 2.94 bits per heavy atom. The lowest BCUT2D eigenvalue weighted by atomic mass is 10.2. The first-order valence-corrected chi connectivity index (χ1v) is 5.51. The first-order valence-electron chi connectivity index (χ1n) is 5.51. The van der Waals surface area contributed by atoms with E-state index in [1.807, 2.05) is 0 Å². The maximum Gasteiger partial charge on any atom is 0.413 e. The topological polar surface area (TPSA) is 83.8 Å². The predicted molar refractivity (Wildman–Crippen MR) is 68.1 cm³/mol. The first kappa shape index (κ1) is 14.0. The van der Waals surface area contributed by atoms with Crippen molar-refractivity contribution < 1.29 is 14.7 Å². The lowest BCUT2D eigenvalue weighted by Crippen LogP contribution is -2.27. The van der Waals surface area contributed by atoms with Crippen molar-refractivity contribution in [3.05, 3.63) is 23.9 Å². The Bertz CT molecular complexity index is 438. The lowest BCUT2D eigenvalue weighted by Gasteiger charge is -2.19. The summed E-state index contributed by atoms with van der Waals surface area (Å²) in [5.41, 5.74) is 0.319. The molecular formula is C12H17N3O3. The van der Waals surface area contributed by atoms with E-state index in [1.165, 1.54) is 6.21 Å². The summed E-state index contributed by atoms with van der Waals surface area (Å²) in [4.78, 5) is 15.5. The van der Waals surface area contributed by atoms with Gasteiger partial charge in [0.15, 0.2) is 0 Å². The molecule has 98 valence electrons. The minimum atomic E-state index is -0.553. The van der Waals surface area contributed by atoms with E-state index < -0.39 is 11.7 Å². The number of rotatable bonds is 3. The minimum Gasteiger partial charge on any atom is -0.444 e. The first-order chi connectivity index (χ1) is 8.40. The van der Waals surface area contributed by atoms with Gasteiger partial charge >= 0.3 is 6.09 Å². The van der Waals surface area contributed by atoms with Gasteiger partial charge in [0.2, 0.25) is 0 Å². The Kier molecular flexibility index (Phi) is 4.65. The zero-order valence-electron chi connectivity index (χ0n) is 10.7. The Morgan fingerprint density at radius 2 is 2.33 bits per heavy atom. The van der Waals surface area contributed by atoms with Crippen molar-refractivity contribution >= 4 is 18.1 Å². The fourth-order valence-corrected chi connectivity index (χ4v) is 1.22. The van der Waals surface area contributed by atoms with E-state index in [-0.39, 0.29) is 0 Å². The van der Waals surface area contributed by atoms with Crippen LogP contribution in [-0.2, 0) is 11.2 Å². The van der Waals surface area contributed by atoms with E-state index >= 15 is 0 Å². The number of amides is 1. The van der Waals surface area contributed by atoms with E-state index in [4.69, 9.17) is 9.94 Å². The van der Waals surface area contributed by atoms with Crippen molar-refractivity contribution in [3.63, 3.8) is 0 Å². The molecule has 1 amide bonds. The molecule has 6 heteroatoms. The lowest BCUT2D eigenvalue weighted by molar-refractivity contribution is 0.0635. The van der Waals surface area contributed by atoms with Crippen LogP contribution in [0.15, 0.2) is 23.5 Å². The van der Waals surface area contributed by atoms with Crippen LogP contribution in [0.2, 0.25) is 0 Å². The molecule has 0 bridgehead atoms. The van der Waals surface area contributed by atoms with E-state index in [0.29, 0.717) is 12.2 Å². The van der Waals surface area contributed by atoms with Crippen LogP contribution >= 0.6 is 0 Å². The highest BCUT2D eigenvalue weighted by Crippen LogP contribution is 2.11. The number of carbonyl (C=O) groups is 1. The van der Waals surface area contributed by atoms with Crippen LogP contribution in [0.5, 0.6) is 0 Å². The molecule has 1 rings (SSSR count). The monoisotopic (exact) mass is 251 g/mol. The molecule has 1 heterocycles. The summed E-state index contributed by atoms with van der Waals surface area (Å²) >= 11 is 0. The molecule has 0 spiro atoms. The van der Waals surface area contributed by atoms with Gasteiger partial charge in [-0.15, -0.1) is 5.16 Å². The van der Waals surface area contributed by atoms with Crippen molar-refractivity contribution in [2.24, 2.45) is 5.16 Å². The van der Waals surface area contributed by atoms with Crippen molar-refractivity contribution in [2.75, 3.05) is 5.32 Å². The van der Waals surface area contributed by atoms with Gasteiger partial charge in [0, 0.05) is 18.8 Å². The van der Waals surface area contributed by atoms with Crippen LogP contribution in [0.4, 0.5) is 10.6 Å². The molecule has 1 aromatic rings. The van der Waals surface area contributed by atoms with Crippen LogP contribution in [0.1, 0.15) is 26.3 Å². The standard InChI is InChI=1S/C12H17N3O3/c1-12(2,3)18-11(16)15-10-8-9(4-6-13-10)5-7-14-17/h4,6-8,17H,5H2,1-3H3,(H,13,15,16)/b14-7+. The second-order valence-electron chi connectivity index (χ2n) is 4.68. The van der Waals surface area contributed by atoms with Gasteiger partial charge in [0.1, 0.15) is 11.4 Å². The van der Waals surface area contributed by atoms with Gasteiger partial charge < -0.3 is 9.94 Å². The third-order valence-electron chi connectivity index (χ3n) is 1.86. The number of anilines is 1. The summed E-state index contributed by atoms with van der Waals surface area (Å²) in [6, 6.07) is 3.45. The number of oxime groups is 1. The second kappa shape index (κ2) is 6.00. The highest BCUT2D eigenvalue weighted by atomic mass is 16.6. The number of hydrogen-bond donors (Lipinski definition) is 2. The van der Waals surface area contributed by atoms with Gasteiger partial charge in [0.25, 0.3) is 0 Å². The van der Waals surface area contributed by atoms with Crippen LogP contribution < -0.4 is 5.32 Å². The number of pyridine rings is 1. The van der Waals surface area contributed by atoms with Gasteiger partial charge in [-0.25, -0.2) is 9.78 Å². The van der Waals surface area contributed by atoms with Crippen LogP contribution in [0.3, 0.4) is 0 Å². The molecule has 1 aromatic heterocycles. The molecule has 0 fully saturated rings. The highest BCUT2D eigenvalue weighted by molar-refractivity contribution is 5.83. The molecule has 6 nitrogen and oxygen atoms in total. The Morgan fingerprint density at radius 1 is 1.61 bits per heavy atom. The summed E-state index contributed by atoms with van der Waals surface area (Å²) in [5, 5.41) is 13.8. The molecule has 0 aliphatic rings. The molecule has 0 aliphatic heterocycles. The summed E-state index contributed by atoms with van der Waals surface area (Å²) in [6.07, 6.45) is 2.82. The molecule has 0 aliphatic carbocycles. The maximum absolute atomic E-state index is 11.5. The van der Waals surface area contributed by atoms with E-state index in [0.717, 1.165) is 5.56 Å². The van der Waals surface area contributed by atoms with Crippen molar-refractivity contribution in [2.45, 2.75) is 32.8 Å². The second-order valence-corrected chi connectivity index (χ2v) is 4.68. The molecule has 0 unspecified atom stereocenters. The predicted octanol–water partition coefficient (Wildman–Crippen LogP) is 2.43. The fourth-order valence-electron chi connectivity index (χ4n) is 1.22. The van der Waals surface area contributed by atoms with Gasteiger partial charge in [-0.3, -0.25) is 5.32 Å². The smallest absolute Gasteiger partial charge is 0.413 e. The van der Waals surface area contributed by atoms with Gasteiger partial charge in [-0.2, -0.15) is 0 Å². The molecule has 0 saturated heterocycles. The van der Waals surface area contributed by atoms with E-state index in [1.54, 1.807) is 39.1 Å². The zero-order chi connectivity index (χ0) is 13.6. The fraction of sp³-hybridized carbons (Fsp3) is 0.417. The highest BCUT2D eigenvalue weighted by Gasteiger charge is 2.16. The van der Waals surface area contributed by atoms with E-state index in [9.17, 15) is 4.79 Å². The minimum absolute atomic E-state index is 0.396. The third kappa shape index (κ3) is 5.29. The number of aromatic nitrogens is 1. The Balaban J connectivity index is 2.64. The average Bonchev–Trinajstić information content (AvgIpc) is 2.24. The third-order valence-corrected chi connectivity index (χ3v) is 1.86. The summed E-state index contributed by atoms with van der Waals surface area (Å²) in [6.45, 7) is 5.36. The summed E-state index contributed by atoms with van der Waals surface area (Å²) < 4.78 is 5.11. The molecular weight excluding hydrogens is 234 g/mol. The molecule has 0 radical (unpaired) electrons. The molecule has 0 atom stereocenters. The van der Waals surface area contributed by atoms with E-state index in [2.05, 4.69) is 15.5 Å². The number of hydrogen-bond acceptors (Lipinski definition) is 5. The maximum atomic E-state index is 11.5. The van der Waals surface area contributed by atoms with Crippen molar-refractivity contribution in [1.29, 1.82) is 0 Å². The number of nitrogens with zero attached hydrogens (tertiary/aromatic N) is 2. The molecule has 0 aromatic carbocycles. The largest absolute Gasteiger partial charge is 0.444 e. The number of ether oxygens (including phenoxy) is 1. The zero-order valence-corrected chi connectivity index (χ0v) is 10.7. The van der Waals surface area contributed by atoms with Crippen LogP contribution in [0.25, 0.3) is 0 Å². The summed E-state index contributed by atoms with van der Waals surface area (Å²) in [7, 11) is 0. The SMILES string of the molecule is CC(C)(C)OC(=O)Nc1cc(C/C=N/O)ccn1. The molecule has 0 saturated carbocycles. The Hall–Kier alpha value is -2.11. The van der Waals surface area contributed by atoms with Gasteiger partial charge in [0.05, 0.1) is 0 Å².